The highest BCUT2D eigenvalue weighted by Crippen LogP contribution is 2.22. The van der Waals surface area contributed by atoms with Crippen molar-refractivity contribution in [1.82, 2.24) is 0 Å². The van der Waals surface area contributed by atoms with Gasteiger partial charge in [0.1, 0.15) is 0 Å². The van der Waals surface area contributed by atoms with E-state index in [1.54, 1.807) is 0 Å². The second-order valence-corrected chi connectivity index (χ2v) is 4.82. The van der Waals surface area contributed by atoms with Crippen LogP contribution in [0.3, 0.4) is 0 Å². The fraction of sp³-hybridized carbons (Fsp3) is 0.0769. The molecule has 0 saturated heterocycles. The van der Waals surface area contributed by atoms with Crippen molar-refractivity contribution in [1.29, 1.82) is 0 Å². The number of nitro benzene ring substituents is 1. The Bertz CT molecular complexity index is 602. The quantitative estimate of drug-likeness (QED) is 0.680. The van der Waals surface area contributed by atoms with Crippen LogP contribution in [0.25, 0.3) is 0 Å². The summed E-state index contributed by atoms with van der Waals surface area (Å²) in [5, 5.41) is 13.6. The van der Waals surface area contributed by atoms with E-state index in [-0.39, 0.29) is 0 Å². The van der Waals surface area contributed by atoms with Crippen molar-refractivity contribution in [3.8, 4) is 0 Å². The van der Waals surface area contributed by atoms with Gasteiger partial charge in [-0.25, -0.2) is 0 Å². The Kier molecular flexibility index (Phi) is 4.11. The lowest BCUT2D eigenvalue weighted by molar-refractivity contribution is -0.387. The van der Waals surface area contributed by atoms with Crippen LogP contribution in [0.5, 0.6) is 0 Å². The third-order valence-electron chi connectivity index (χ3n) is 2.55. The Hall–Kier alpha value is -1.95. The molecule has 2 aromatic carbocycles. The van der Waals surface area contributed by atoms with E-state index < -0.39 is 16.4 Å². The van der Waals surface area contributed by atoms with E-state index in [4.69, 9.17) is 0 Å². The average molecular weight is 325 g/mol. The molecule has 0 heterocycles. The van der Waals surface area contributed by atoms with Gasteiger partial charge in [-0.3, -0.25) is 10.1 Å². The predicted molar refractivity (Wildman–Crippen MR) is 74.5 cm³/mol. The highest BCUT2D eigenvalue weighted by Gasteiger charge is 2.13. The van der Waals surface area contributed by atoms with Crippen LogP contribution >= 0.6 is 15.9 Å². The molecule has 19 heavy (non-hydrogen) atoms. The smallest absolute Gasteiger partial charge is 0.306 e. The summed E-state index contributed by atoms with van der Waals surface area (Å²) in [7, 11) is 0. The lowest BCUT2D eigenvalue weighted by Crippen LogP contribution is -2.01. The van der Waals surface area contributed by atoms with Crippen LogP contribution in [0.1, 0.15) is 5.56 Å². The largest absolute Gasteiger partial charge is 0.381 e. The van der Waals surface area contributed by atoms with Crippen LogP contribution in [0.15, 0.2) is 46.9 Å². The van der Waals surface area contributed by atoms with Gasteiger partial charge in [-0.1, -0.05) is 28.1 Å². The van der Waals surface area contributed by atoms with Gasteiger partial charge < -0.3 is 5.32 Å². The third-order valence-corrected chi connectivity index (χ3v) is 3.08. The maximum absolute atomic E-state index is 13.2. The van der Waals surface area contributed by atoms with Crippen LogP contribution < -0.4 is 5.32 Å². The summed E-state index contributed by atoms with van der Waals surface area (Å²) in [5.74, 6) is -0.834. The van der Waals surface area contributed by atoms with E-state index in [0.29, 0.717) is 12.2 Å². The molecule has 0 aliphatic carbocycles. The van der Waals surface area contributed by atoms with E-state index in [1.807, 2.05) is 24.3 Å². The van der Waals surface area contributed by atoms with Crippen molar-refractivity contribution in [2.45, 2.75) is 6.54 Å². The summed E-state index contributed by atoms with van der Waals surface area (Å²) in [5.41, 5.74) is 1.01. The average Bonchev–Trinajstić information content (AvgIpc) is 2.39. The molecule has 4 nitrogen and oxygen atoms in total. The second-order valence-electron chi connectivity index (χ2n) is 3.90. The zero-order valence-electron chi connectivity index (χ0n) is 9.77. The number of nitrogens with one attached hydrogen (secondary N) is 1. The molecule has 1 N–H and O–H groups in total. The van der Waals surface area contributed by atoms with Crippen molar-refractivity contribution < 1.29 is 9.31 Å². The number of hydrogen-bond acceptors (Lipinski definition) is 3. The van der Waals surface area contributed by atoms with Crippen LogP contribution in [-0.2, 0) is 6.54 Å². The summed E-state index contributed by atoms with van der Waals surface area (Å²) < 4.78 is 14.1. The summed E-state index contributed by atoms with van der Waals surface area (Å²) >= 11 is 3.34. The number of rotatable bonds is 4. The van der Waals surface area contributed by atoms with Crippen LogP contribution in [0.2, 0.25) is 0 Å². The van der Waals surface area contributed by atoms with E-state index in [0.717, 1.165) is 16.1 Å². The molecule has 0 fully saturated rings. The molecule has 0 spiro atoms. The molecule has 2 rings (SSSR count). The van der Waals surface area contributed by atoms with Crippen molar-refractivity contribution in [3.05, 3.63) is 68.4 Å². The van der Waals surface area contributed by atoms with Crippen molar-refractivity contribution in [2.24, 2.45) is 0 Å². The number of hydrogen-bond donors (Lipinski definition) is 1. The first-order valence-corrected chi connectivity index (χ1v) is 6.28. The van der Waals surface area contributed by atoms with Gasteiger partial charge in [0.25, 0.3) is 0 Å². The molecule has 0 unspecified atom stereocenters. The zero-order valence-corrected chi connectivity index (χ0v) is 11.4. The minimum absolute atomic E-state index is 0.510. The summed E-state index contributed by atoms with van der Waals surface area (Å²) in [6.45, 7) is 0.510. The first-order valence-electron chi connectivity index (χ1n) is 5.48. The maximum Gasteiger partial charge on any atom is 0.306 e. The first-order chi connectivity index (χ1) is 9.06. The molecule has 2 aromatic rings. The number of nitro groups is 1. The monoisotopic (exact) mass is 324 g/mol. The predicted octanol–water partition coefficient (Wildman–Crippen LogP) is 4.11. The van der Waals surface area contributed by atoms with Crippen LogP contribution in [-0.4, -0.2) is 4.92 Å². The van der Waals surface area contributed by atoms with E-state index in [2.05, 4.69) is 21.2 Å². The molecule has 98 valence electrons. The van der Waals surface area contributed by atoms with Crippen LogP contribution in [0, 0.1) is 15.9 Å². The molecule has 0 atom stereocenters. The molecule has 0 aliphatic rings. The number of benzene rings is 2. The molecule has 0 aliphatic heterocycles. The van der Waals surface area contributed by atoms with Gasteiger partial charge in [-0.2, -0.15) is 4.39 Å². The number of nitrogens with zero attached hydrogens (tertiary/aromatic N) is 1. The molecular formula is C13H10BrFN2O2. The molecule has 6 heteroatoms. The molecule has 0 radical (unpaired) electrons. The normalized spacial score (nSPS) is 10.2. The summed E-state index contributed by atoms with van der Waals surface area (Å²) in [6, 6.07) is 11.4. The third kappa shape index (κ3) is 3.51. The van der Waals surface area contributed by atoms with E-state index >= 15 is 0 Å². The van der Waals surface area contributed by atoms with Gasteiger partial charge in [-0.15, -0.1) is 0 Å². The summed E-state index contributed by atoms with van der Waals surface area (Å²) in [6.07, 6.45) is 0. The Morgan fingerprint density at radius 3 is 2.53 bits per heavy atom. The highest BCUT2D eigenvalue weighted by atomic mass is 79.9. The zero-order chi connectivity index (χ0) is 13.8. The lowest BCUT2D eigenvalue weighted by Gasteiger charge is -2.06. The first kappa shape index (κ1) is 13.5. The molecule has 0 saturated carbocycles. The van der Waals surface area contributed by atoms with E-state index in [1.165, 1.54) is 12.1 Å². The molecule has 0 amide bonds. The van der Waals surface area contributed by atoms with Crippen LogP contribution in [0.4, 0.5) is 15.8 Å². The Labute approximate surface area is 117 Å². The fourth-order valence-corrected chi connectivity index (χ4v) is 1.83. The van der Waals surface area contributed by atoms with Crippen molar-refractivity contribution in [3.63, 3.8) is 0 Å². The maximum atomic E-state index is 13.2. The van der Waals surface area contributed by atoms with Gasteiger partial charge in [0.15, 0.2) is 0 Å². The van der Waals surface area contributed by atoms with Crippen molar-refractivity contribution in [2.75, 3.05) is 5.32 Å². The number of halogens is 2. The Balaban J connectivity index is 2.09. The lowest BCUT2D eigenvalue weighted by atomic mass is 10.2. The van der Waals surface area contributed by atoms with E-state index in [9.17, 15) is 14.5 Å². The van der Waals surface area contributed by atoms with Gasteiger partial charge >= 0.3 is 5.69 Å². The number of anilines is 1. The second kappa shape index (κ2) is 5.79. The Morgan fingerprint density at radius 2 is 1.89 bits per heavy atom. The fourth-order valence-electron chi connectivity index (χ4n) is 1.57. The summed E-state index contributed by atoms with van der Waals surface area (Å²) in [4.78, 5) is 9.88. The minimum Gasteiger partial charge on any atom is -0.381 e. The van der Waals surface area contributed by atoms with Gasteiger partial charge in [0, 0.05) is 22.8 Å². The molecule has 0 bridgehead atoms. The minimum atomic E-state index is -0.834. The Morgan fingerprint density at radius 1 is 1.21 bits per heavy atom. The molecule has 0 aromatic heterocycles. The SMILES string of the molecule is O=[N+]([O-])c1cc(NCc2ccc(Br)cc2)ccc1F. The topological polar surface area (TPSA) is 55.2 Å². The van der Waals surface area contributed by atoms with Crippen molar-refractivity contribution >= 4 is 27.3 Å². The van der Waals surface area contributed by atoms with Gasteiger partial charge in [-0.05, 0) is 29.8 Å². The van der Waals surface area contributed by atoms with Gasteiger partial charge in [0.2, 0.25) is 5.82 Å². The standard InChI is InChI=1S/C13H10BrFN2O2/c14-10-3-1-9(2-4-10)8-16-11-5-6-12(15)13(7-11)17(18)19/h1-7,16H,8H2. The van der Waals surface area contributed by atoms with Gasteiger partial charge in [0.05, 0.1) is 4.92 Å². The molecular weight excluding hydrogens is 315 g/mol. The highest BCUT2D eigenvalue weighted by molar-refractivity contribution is 9.10.